The highest BCUT2D eigenvalue weighted by Crippen LogP contribution is 2.44. The van der Waals surface area contributed by atoms with Crippen LogP contribution in [-0.4, -0.2) is 12.9 Å². The zero-order valence-electron chi connectivity index (χ0n) is 12.8. The molecule has 1 heterocycles. The number of ketones is 1. The Labute approximate surface area is 129 Å². The minimum Gasteiger partial charge on any atom is -0.497 e. The lowest BCUT2D eigenvalue weighted by Crippen LogP contribution is -2.09. The summed E-state index contributed by atoms with van der Waals surface area (Å²) < 4.78 is 11.5. The van der Waals surface area contributed by atoms with Gasteiger partial charge < -0.3 is 9.15 Å². The van der Waals surface area contributed by atoms with Gasteiger partial charge in [-0.05, 0) is 36.6 Å². The van der Waals surface area contributed by atoms with Crippen molar-refractivity contribution < 1.29 is 13.9 Å². The highest BCUT2D eigenvalue weighted by Gasteiger charge is 2.29. The zero-order valence-corrected chi connectivity index (χ0v) is 12.8. The van der Waals surface area contributed by atoms with Gasteiger partial charge in [0.15, 0.2) is 5.78 Å². The van der Waals surface area contributed by atoms with Crippen LogP contribution in [0.3, 0.4) is 0 Å². The topological polar surface area (TPSA) is 39.4 Å². The van der Waals surface area contributed by atoms with E-state index in [9.17, 15) is 4.79 Å². The molecular weight excluding hydrogens is 276 g/mol. The standard InChI is InChI=1S/C19H18O3/c1-11-6-8-13-14(4-3-5-16(13)20)18-15-10-12(21-2)7-9-17(15)22-19(11)18/h6-11H,3-5H2,1-2H3/t11-/m1/s1. The summed E-state index contributed by atoms with van der Waals surface area (Å²) >= 11 is 0. The zero-order chi connectivity index (χ0) is 15.3. The Morgan fingerprint density at radius 2 is 2.14 bits per heavy atom. The molecule has 1 aromatic carbocycles. The summed E-state index contributed by atoms with van der Waals surface area (Å²) in [6.45, 7) is 2.11. The number of carbonyl (C=O) groups excluding carboxylic acids is 1. The van der Waals surface area contributed by atoms with Crippen LogP contribution in [0.1, 0.15) is 43.4 Å². The number of fused-ring (bicyclic) bond motifs is 4. The van der Waals surface area contributed by atoms with E-state index in [1.54, 1.807) is 7.11 Å². The third kappa shape index (κ3) is 1.85. The fourth-order valence-corrected chi connectivity index (χ4v) is 3.50. The molecule has 22 heavy (non-hydrogen) atoms. The summed E-state index contributed by atoms with van der Waals surface area (Å²) in [4.78, 5) is 12.3. The maximum atomic E-state index is 12.3. The smallest absolute Gasteiger partial charge is 0.163 e. The molecule has 0 saturated carbocycles. The van der Waals surface area contributed by atoms with E-state index in [2.05, 4.69) is 13.0 Å². The number of hydrogen-bond donors (Lipinski definition) is 0. The number of allylic oxidation sites excluding steroid dienone is 4. The molecule has 0 saturated heterocycles. The minimum absolute atomic E-state index is 0.159. The van der Waals surface area contributed by atoms with Gasteiger partial charge in [-0.25, -0.2) is 0 Å². The van der Waals surface area contributed by atoms with E-state index in [0.717, 1.165) is 52.0 Å². The first kappa shape index (κ1) is 13.4. The van der Waals surface area contributed by atoms with Gasteiger partial charge in [-0.1, -0.05) is 19.1 Å². The number of rotatable bonds is 1. The monoisotopic (exact) mass is 294 g/mol. The van der Waals surface area contributed by atoms with E-state index in [1.807, 2.05) is 24.3 Å². The molecule has 3 nitrogen and oxygen atoms in total. The number of furan rings is 1. The maximum absolute atomic E-state index is 12.3. The van der Waals surface area contributed by atoms with Crippen LogP contribution in [0.15, 0.2) is 40.3 Å². The van der Waals surface area contributed by atoms with Gasteiger partial charge in [-0.2, -0.15) is 0 Å². The van der Waals surface area contributed by atoms with E-state index >= 15 is 0 Å². The van der Waals surface area contributed by atoms with Crippen LogP contribution in [-0.2, 0) is 4.79 Å². The Kier molecular flexibility index (Phi) is 2.96. The first-order valence-electron chi connectivity index (χ1n) is 7.74. The predicted molar refractivity (Wildman–Crippen MR) is 86.1 cm³/mol. The molecule has 112 valence electrons. The highest BCUT2D eigenvalue weighted by atomic mass is 16.5. The van der Waals surface area contributed by atoms with Crippen molar-refractivity contribution in [2.24, 2.45) is 0 Å². The normalized spacial score (nSPS) is 20.8. The summed E-state index contributed by atoms with van der Waals surface area (Å²) in [5.41, 5.74) is 3.97. The lowest BCUT2D eigenvalue weighted by atomic mass is 9.86. The van der Waals surface area contributed by atoms with Crippen molar-refractivity contribution in [1.29, 1.82) is 0 Å². The molecule has 0 spiro atoms. The van der Waals surface area contributed by atoms with E-state index in [1.165, 1.54) is 0 Å². The Balaban J connectivity index is 2.07. The number of methoxy groups -OCH3 is 1. The van der Waals surface area contributed by atoms with Crippen molar-refractivity contribution in [3.63, 3.8) is 0 Å². The number of hydrogen-bond acceptors (Lipinski definition) is 3. The molecule has 0 amide bonds. The number of Topliss-reactive ketones (excluding diaryl/α,β-unsaturated/α-hetero) is 1. The first-order chi connectivity index (χ1) is 10.7. The fraction of sp³-hybridized carbons (Fsp3) is 0.316. The van der Waals surface area contributed by atoms with Gasteiger partial charge in [-0.3, -0.25) is 4.79 Å². The summed E-state index contributed by atoms with van der Waals surface area (Å²) in [6, 6.07) is 5.87. The van der Waals surface area contributed by atoms with Crippen molar-refractivity contribution in [2.45, 2.75) is 32.1 Å². The van der Waals surface area contributed by atoms with Crippen molar-refractivity contribution in [1.82, 2.24) is 0 Å². The second-order valence-corrected chi connectivity index (χ2v) is 6.02. The van der Waals surface area contributed by atoms with Gasteiger partial charge in [0.2, 0.25) is 0 Å². The molecular formula is C19H18O3. The van der Waals surface area contributed by atoms with E-state index in [4.69, 9.17) is 9.15 Å². The van der Waals surface area contributed by atoms with Crippen molar-refractivity contribution in [2.75, 3.05) is 7.11 Å². The fourth-order valence-electron chi connectivity index (χ4n) is 3.50. The molecule has 1 aromatic heterocycles. The van der Waals surface area contributed by atoms with Gasteiger partial charge in [0.1, 0.15) is 17.1 Å². The van der Waals surface area contributed by atoms with Crippen LogP contribution in [0.2, 0.25) is 0 Å². The molecule has 2 aliphatic rings. The summed E-state index contributed by atoms with van der Waals surface area (Å²) in [7, 11) is 1.67. The van der Waals surface area contributed by atoms with Crippen LogP contribution in [0.5, 0.6) is 5.75 Å². The van der Waals surface area contributed by atoms with E-state index in [-0.39, 0.29) is 11.7 Å². The van der Waals surface area contributed by atoms with Crippen LogP contribution < -0.4 is 4.74 Å². The molecule has 3 heteroatoms. The van der Waals surface area contributed by atoms with E-state index in [0.29, 0.717) is 6.42 Å². The van der Waals surface area contributed by atoms with Gasteiger partial charge in [0.25, 0.3) is 0 Å². The van der Waals surface area contributed by atoms with Crippen LogP contribution in [0, 0.1) is 0 Å². The van der Waals surface area contributed by atoms with Crippen LogP contribution in [0.4, 0.5) is 0 Å². The predicted octanol–water partition coefficient (Wildman–Crippen LogP) is 4.62. The van der Waals surface area contributed by atoms with Gasteiger partial charge in [0.05, 0.1) is 7.11 Å². The summed E-state index contributed by atoms with van der Waals surface area (Å²) in [5, 5.41) is 1.05. The molecule has 2 aromatic rings. The summed E-state index contributed by atoms with van der Waals surface area (Å²) in [5.74, 6) is 2.17. The average Bonchev–Trinajstić information content (AvgIpc) is 2.84. The largest absolute Gasteiger partial charge is 0.497 e. The van der Waals surface area contributed by atoms with Gasteiger partial charge >= 0.3 is 0 Å². The molecule has 0 N–H and O–H groups in total. The Morgan fingerprint density at radius 1 is 1.27 bits per heavy atom. The maximum Gasteiger partial charge on any atom is 0.163 e. The summed E-state index contributed by atoms with van der Waals surface area (Å²) in [6.07, 6.45) is 6.55. The van der Waals surface area contributed by atoms with E-state index < -0.39 is 0 Å². The lowest BCUT2D eigenvalue weighted by molar-refractivity contribution is -0.115. The minimum atomic E-state index is 0.159. The molecule has 1 atom stereocenters. The van der Waals surface area contributed by atoms with Gasteiger partial charge in [-0.15, -0.1) is 0 Å². The quantitative estimate of drug-likeness (QED) is 0.770. The average molecular weight is 294 g/mol. The molecule has 0 radical (unpaired) electrons. The van der Waals surface area contributed by atoms with Crippen molar-refractivity contribution >= 4 is 22.3 Å². The molecule has 4 rings (SSSR count). The second-order valence-electron chi connectivity index (χ2n) is 6.02. The first-order valence-corrected chi connectivity index (χ1v) is 7.74. The SMILES string of the molecule is COc1ccc2oc3c(c2c1)C1=C(C=C[C@H]3C)C(=O)CCC1. The van der Waals surface area contributed by atoms with Crippen LogP contribution >= 0.6 is 0 Å². The second kappa shape index (κ2) is 4.87. The third-order valence-corrected chi connectivity index (χ3v) is 4.65. The Morgan fingerprint density at radius 3 is 2.95 bits per heavy atom. The third-order valence-electron chi connectivity index (χ3n) is 4.65. The van der Waals surface area contributed by atoms with Crippen molar-refractivity contribution in [3.8, 4) is 5.75 Å². The number of benzene rings is 1. The Bertz CT molecular complexity index is 836. The highest BCUT2D eigenvalue weighted by molar-refractivity contribution is 6.10. The molecule has 0 fully saturated rings. The number of carbonyl (C=O) groups is 1. The molecule has 2 aliphatic carbocycles. The molecule has 0 bridgehead atoms. The Hall–Kier alpha value is -2.29. The van der Waals surface area contributed by atoms with Crippen molar-refractivity contribution in [3.05, 3.63) is 47.2 Å². The molecule has 0 aliphatic heterocycles. The lowest BCUT2D eigenvalue weighted by Gasteiger charge is -2.16. The van der Waals surface area contributed by atoms with Crippen LogP contribution in [0.25, 0.3) is 16.5 Å². The molecule has 0 unspecified atom stereocenters. The van der Waals surface area contributed by atoms with Gasteiger partial charge in [0, 0.05) is 28.9 Å². The number of ether oxygens (including phenoxy) is 1.